The Hall–Kier alpha value is -1.63. The number of carbonyl (C=O) groups is 1. The van der Waals surface area contributed by atoms with Crippen molar-refractivity contribution in [2.24, 2.45) is 0 Å². The van der Waals surface area contributed by atoms with Gasteiger partial charge in [0, 0.05) is 18.0 Å². The van der Waals surface area contributed by atoms with Crippen LogP contribution in [0.15, 0.2) is 52.8 Å². The van der Waals surface area contributed by atoms with Gasteiger partial charge in [0.1, 0.15) is 5.75 Å². The minimum Gasteiger partial charge on any atom is -0.492 e. The van der Waals surface area contributed by atoms with E-state index in [4.69, 9.17) is 4.74 Å². The highest BCUT2D eigenvalue weighted by Crippen LogP contribution is 2.25. The number of para-hydroxylation sites is 2. The Kier molecular flexibility index (Phi) is 7.49. The smallest absolute Gasteiger partial charge is 0.238 e. The van der Waals surface area contributed by atoms with Gasteiger partial charge in [-0.2, -0.15) is 0 Å². The third kappa shape index (κ3) is 5.78. The van der Waals surface area contributed by atoms with E-state index in [0.717, 1.165) is 3.79 Å². The fourth-order valence-electron chi connectivity index (χ4n) is 2.27. The summed E-state index contributed by atoms with van der Waals surface area (Å²) in [6.45, 7) is 7.91. The molecule has 0 spiro atoms. The second-order valence-electron chi connectivity index (χ2n) is 5.14. The Morgan fingerprint density at radius 2 is 2.17 bits per heavy atom. The summed E-state index contributed by atoms with van der Waals surface area (Å²) in [5.41, 5.74) is 0.696. The molecule has 6 heteroatoms. The number of nitrogens with one attached hydrogen (secondary N) is 1. The van der Waals surface area contributed by atoms with Crippen LogP contribution in [-0.4, -0.2) is 30.5 Å². The summed E-state index contributed by atoms with van der Waals surface area (Å²) in [5.74, 6) is 0.616. The van der Waals surface area contributed by atoms with Crippen molar-refractivity contribution < 1.29 is 9.53 Å². The normalized spacial score (nSPS) is 10.6. The number of amides is 1. The van der Waals surface area contributed by atoms with Crippen LogP contribution in [0.5, 0.6) is 5.75 Å². The minimum absolute atomic E-state index is 0.0698. The zero-order valence-electron chi connectivity index (χ0n) is 13.6. The van der Waals surface area contributed by atoms with Gasteiger partial charge in [-0.3, -0.25) is 9.69 Å². The van der Waals surface area contributed by atoms with Gasteiger partial charge in [-0.1, -0.05) is 18.2 Å². The van der Waals surface area contributed by atoms with Crippen molar-refractivity contribution in [3.63, 3.8) is 0 Å². The van der Waals surface area contributed by atoms with Crippen LogP contribution in [0.25, 0.3) is 0 Å². The second kappa shape index (κ2) is 9.61. The first-order valence-electron chi connectivity index (χ1n) is 7.71. The number of ether oxygens (including phenoxy) is 1. The Bertz CT molecular complexity index is 687. The summed E-state index contributed by atoms with van der Waals surface area (Å²) in [5, 5.41) is 2.93. The third-order valence-electron chi connectivity index (χ3n) is 3.22. The van der Waals surface area contributed by atoms with Crippen LogP contribution in [-0.2, 0) is 11.3 Å². The molecule has 1 aromatic heterocycles. The number of hydrogen-bond acceptors (Lipinski definition) is 4. The molecule has 2 aromatic rings. The van der Waals surface area contributed by atoms with Gasteiger partial charge < -0.3 is 10.1 Å². The first kappa shape index (κ1) is 18.7. The zero-order chi connectivity index (χ0) is 17.4. The van der Waals surface area contributed by atoms with Crippen LogP contribution in [0.1, 0.15) is 11.8 Å². The first-order chi connectivity index (χ1) is 11.6. The summed E-state index contributed by atoms with van der Waals surface area (Å²) in [6.07, 6.45) is 1.81. The molecule has 0 bridgehead atoms. The van der Waals surface area contributed by atoms with Gasteiger partial charge in [0.25, 0.3) is 0 Å². The average molecular weight is 409 g/mol. The van der Waals surface area contributed by atoms with Crippen LogP contribution in [0.4, 0.5) is 5.69 Å². The number of thiophene rings is 1. The monoisotopic (exact) mass is 408 g/mol. The minimum atomic E-state index is -0.0698. The maximum Gasteiger partial charge on any atom is 0.238 e. The summed E-state index contributed by atoms with van der Waals surface area (Å²) in [4.78, 5) is 15.6. The summed E-state index contributed by atoms with van der Waals surface area (Å²) in [7, 11) is 0. The first-order valence-corrected chi connectivity index (χ1v) is 9.32. The van der Waals surface area contributed by atoms with Crippen molar-refractivity contribution in [3.05, 3.63) is 57.7 Å². The molecule has 0 aliphatic carbocycles. The fraction of sp³-hybridized carbons (Fsp3) is 0.278. The Morgan fingerprint density at radius 1 is 1.38 bits per heavy atom. The molecule has 128 valence electrons. The average Bonchev–Trinajstić information content (AvgIpc) is 2.94. The van der Waals surface area contributed by atoms with E-state index in [2.05, 4.69) is 33.9 Å². The van der Waals surface area contributed by atoms with Crippen molar-refractivity contribution in [1.82, 2.24) is 4.90 Å². The number of nitrogens with zero attached hydrogens (tertiary/aromatic N) is 1. The molecule has 0 saturated carbocycles. The molecule has 0 radical (unpaired) electrons. The number of hydrogen-bond donors (Lipinski definition) is 1. The standard InChI is InChI=1S/C18H21BrN2O2S/c1-3-11-21(12-14-9-10-17(19)24-14)13-18(22)20-15-7-5-6-8-16(15)23-4-2/h3,5-10H,1,4,11-13H2,2H3,(H,20,22). The fourth-order valence-corrected chi connectivity index (χ4v) is 3.79. The number of benzene rings is 1. The molecule has 4 nitrogen and oxygen atoms in total. The lowest BCUT2D eigenvalue weighted by atomic mass is 10.3. The molecule has 0 atom stereocenters. The van der Waals surface area contributed by atoms with E-state index in [1.165, 1.54) is 4.88 Å². The van der Waals surface area contributed by atoms with E-state index in [0.29, 0.717) is 37.7 Å². The highest BCUT2D eigenvalue weighted by atomic mass is 79.9. The van der Waals surface area contributed by atoms with Crippen LogP contribution in [0, 0.1) is 0 Å². The van der Waals surface area contributed by atoms with Crippen molar-refractivity contribution in [2.45, 2.75) is 13.5 Å². The number of anilines is 1. The number of halogens is 1. The number of carbonyl (C=O) groups excluding carboxylic acids is 1. The Balaban J connectivity index is 1.98. The van der Waals surface area contributed by atoms with E-state index < -0.39 is 0 Å². The molecule has 1 N–H and O–H groups in total. The van der Waals surface area contributed by atoms with Gasteiger partial charge in [-0.15, -0.1) is 17.9 Å². The van der Waals surface area contributed by atoms with Gasteiger partial charge in [-0.25, -0.2) is 0 Å². The van der Waals surface area contributed by atoms with Crippen LogP contribution >= 0.6 is 27.3 Å². The topological polar surface area (TPSA) is 41.6 Å². The Morgan fingerprint density at radius 3 is 2.83 bits per heavy atom. The SMILES string of the molecule is C=CCN(CC(=O)Nc1ccccc1OCC)Cc1ccc(Br)s1. The molecule has 0 aliphatic rings. The second-order valence-corrected chi connectivity index (χ2v) is 7.69. The predicted molar refractivity (Wildman–Crippen MR) is 104 cm³/mol. The van der Waals surface area contributed by atoms with Crippen molar-refractivity contribution >= 4 is 38.9 Å². The predicted octanol–water partition coefficient (Wildman–Crippen LogP) is 4.54. The number of rotatable bonds is 9. The van der Waals surface area contributed by atoms with E-state index >= 15 is 0 Å². The Labute approximate surface area is 155 Å². The van der Waals surface area contributed by atoms with Crippen LogP contribution in [0.2, 0.25) is 0 Å². The lowest BCUT2D eigenvalue weighted by Gasteiger charge is -2.20. The van der Waals surface area contributed by atoms with Gasteiger partial charge in [0.15, 0.2) is 0 Å². The molecule has 0 unspecified atom stereocenters. The lowest BCUT2D eigenvalue weighted by Crippen LogP contribution is -2.32. The maximum atomic E-state index is 12.4. The van der Waals surface area contributed by atoms with Crippen LogP contribution < -0.4 is 10.1 Å². The summed E-state index contributed by atoms with van der Waals surface area (Å²) < 4.78 is 6.63. The highest BCUT2D eigenvalue weighted by Gasteiger charge is 2.13. The van der Waals surface area contributed by atoms with Gasteiger partial charge in [-0.05, 0) is 47.1 Å². The largest absolute Gasteiger partial charge is 0.492 e. The zero-order valence-corrected chi connectivity index (χ0v) is 16.0. The van der Waals surface area contributed by atoms with Gasteiger partial charge in [0.2, 0.25) is 5.91 Å². The maximum absolute atomic E-state index is 12.4. The molecular weight excluding hydrogens is 388 g/mol. The van der Waals surface area contributed by atoms with Gasteiger partial charge in [0.05, 0.1) is 22.6 Å². The third-order valence-corrected chi connectivity index (χ3v) is 4.83. The van der Waals surface area contributed by atoms with Crippen molar-refractivity contribution in [3.8, 4) is 5.75 Å². The summed E-state index contributed by atoms with van der Waals surface area (Å²) in [6, 6.07) is 11.5. The molecule has 0 saturated heterocycles. The van der Waals surface area contributed by atoms with E-state index in [1.807, 2.05) is 48.2 Å². The van der Waals surface area contributed by atoms with E-state index in [1.54, 1.807) is 11.3 Å². The highest BCUT2D eigenvalue weighted by molar-refractivity contribution is 9.11. The molecule has 1 aromatic carbocycles. The van der Waals surface area contributed by atoms with Crippen molar-refractivity contribution in [1.29, 1.82) is 0 Å². The molecule has 24 heavy (non-hydrogen) atoms. The lowest BCUT2D eigenvalue weighted by molar-refractivity contribution is -0.117. The van der Waals surface area contributed by atoms with E-state index in [-0.39, 0.29) is 5.91 Å². The molecule has 0 aliphatic heterocycles. The van der Waals surface area contributed by atoms with Crippen LogP contribution in [0.3, 0.4) is 0 Å². The van der Waals surface area contributed by atoms with Crippen molar-refractivity contribution in [2.75, 3.05) is 25.0 Å². The molecule has 2 rings (SSSR count). The molecular formula is C18H21BrN2O2S. The van der Waals surface area contributed by atoms with E-state index in [9.17, 15) is 4.79 Å². The summed E-state index contributed by atoms with van der Waals surface area (Å²) >= 11 is 5.14. The quantitative estimate of drug-likeness (QED) is 0.619. The molecule has 1 heterocycles. The molecule has 0 fully saturated rings. The molecule has 1 amide bonds. The van der Waals surface area contributed by atoms with Gasteiger partial charge >= 0.3 is 0 Å².